The van der Waals surface area contributed by atoms with Gasteiger partial charge in [-0.15, -0.1) is 11.3 Å². The second-order valence-electron chi connectivity index (χ2n) is 4.58. The van der Waals surface area contributed by atoms with Crippen molar-refractivity contribution in [2.45, 2.75) is 19.8 Å². The lowest BCUT2D eigenvalue weighted by Gasteiger charge is -2.31. The Hall–Kier alpha value is -0.780. The van der Waals surface area contributed by atoms with Gasteiger partial charge in [0.15, 0.2) is 0 Å². The smallest absolute Gasteiger partial charge is 0.310 e. The zero-order chi connectivity index (χ0) is 14.7. The van der Waals surface area contributed by atoms with E-state index in [0.29, 0.717) is 33.9 Å². The van der Waals surface area contributed by atoms with Crippen molar-refractivity contribution in [3.8, 4) is 0 Å². The number of likely N-dealkylation sites (tertiary alicyclic amines) is 1. The van der Waals surface area contributed by atoms with Gasteiger partial charge in [-0.25, -0.2) is 0 Å². The molecule has 4 nitrogen and oxygen atoms in total. The SMILES string of the molecule is CCOC(=O)[C@H]1CCCN(C(=O)c2cc(Cl)sc2Cl)C1. The van der Waals surface area contributed by atoms with Crippen LogP contribution in [0.5, 0.6) is 0 Å². The summed E-state index contributed by atoms with van der Waals surface area (Å²) in [6.07, 6.45) is 1.53. The Morgan fingerprint density at radius 3 is 2.85 bits per heavy atom. The van der Waals surface area contributed by atoms with Crippen molar-refractivity contribution in [1.29, 1.82) is 0 Å². The van der Waals surface area contributed by atoms with E-state index in [1.807, 2.05) is 0 Å². The fourth-order valence-corrected chi connectivity index (χ4v) is 3.72. The van der Waals surface area contributed by atoms with Gasteiger partial charge in [-0.3, -0.25) is 9.59 Å². The van der Waals surface area contributed by atoms with Crippen LogP contribution in [0.4, 0.5) is 0 Å². The minimum Gasteiger partial charge on any atom is -0.466 e. The largest absolute Gasteiger partial charge is 0.466 e. The van der Waals surface area contributed by atoms with Gasteiger partial charge in [0.2, 0.25) is 0 Å². The highest BCUT2D eigenvalue weighted by atomic mass is 35.5. The lowest BCUT2D eigenvalue weighted by atomic mass is 9.98. The number of nitrogens with zero attached hydrogens (tertiary/aromatic N) is 1. The number of carbonyl (C=O) groups is 2. The molecule has 1 fully saturated rings. The quantitative estimate of drug-likeness (QED) is 0.794. The summed E-state index contributed by atoms with van der Waals surface area (Å²) in [5.74, 6) is -0.660. The van der Waals surface area contributed by atoms with Crippen LogP contribution < -0.4 is 0 Å². The van der Waals surface area contributed by atoms with Crippen LogP contribution in [-0.2, 0) is 9.53 Å². The molecule has 2 heterocycles. The van der Waals surface area contributed by atoms with Crippen LogP contribution >= 0.6 is 34.5 Å². The predicted octanol–water partition coefficient (Wildman–Crippen LogP) is 3.47. The highest BCUT2D eigenvalue weighted by molar-refractivity contribution is 7.20. The Balaban J connectivity index is 2.07. The second-order valence-corrected chi connectivity index (χ2v) is 6.87. The predicted molar refractivity (Wildman–Crippen MR) is 79.6 cm³/mol. The minimum atomic E-state index is -0.250. The molecule has 1 atom stereocenters. The molecule has 7 heteroatoms. The van der Waals surface area contributed by atoms with E-state index in [4.69, 9.17) is 27.9 Å². The number of esters is 1. The van der Waals surface area contributed by atoms with Crippen LogP contribution in [0.15, 0.2) is 6.07 Å². The second kappa shape index (κ2) is 6.78. The van der Waals surface area contributed by atoms with Crippen molar-refractivity contribution >= 4 is 46.4 Å². The van der Waals surface area contributed by atoms with Gasteiger partial charge in [0, 0.05) is 13.1 Å². The lowest BCUT2D eigenvalue weighted by molar-refractivity contribution is -0.149. The third kappa shape index (κ3) is 3.45. The molecule has 0 aliphatic carbocycles. The van der Waals surface area contributed by atoms with Gasteiger partial charge >= 0.3 is 5.97 Å². The highest BCUT2D eigenvalue weighted by Crippen LogP contribution is 2.32. The molecule has 0 bridgehead atoms. The molecule has 0 N–H and O–H groups in total. The van der Waals surface area contributed by atoms with E-state index in [1.54, 1.807) is 17.9 Å². The van der Waals surface area contributed by atoms with Crippen LogP contribution in [-0.4, -0.2) is 36.5 Å². The number of carbonyl (C=O) groups excluding carboxylic acids is 2. The van der Waals surface area contributed by atoms with Crippen molar-refractivity contribution in [1.82, 2.24) is 4.90 Å². The molecule has 1 aromatic heterocycles. The maximum absolute atomic E-state index is 12.4. The number of rotatable bonds is 3. The Bertz CT molecular complexity index is 518. The lowest BCUT2D eigenvalue weighted by Crippen LogP contribution is -2.42. The number of ether oxygens (including phenoxy) is 1. The third-order valence-electron chi connectivity index (χ3n) is 3.22. The molecule has 110 valence electrons. The summed E-state index contributed by atoms with van der Waals surface area (Å²) in [4.78, 5) is 25.8. The first-order valence-electron chi connectivity index (χ1n) is 6.43. The van der Waals surface area contributed by atoms with Crippen LogP contribution in [0, 0.1) is 5.92 Å². The van der Waals surface area contributed by atoms with Crippen molar-refractivity contribution in [2.75, 3.05) is 19.7 Å². The molecular formula is C13H15Cl2NO3S. The first-order valence-corrected chi connectivity index (χ1v) is 8.01. The summed E-state index contributed by atoms with van der Waals surface area (Å²) in [6, 6.07) is 1.57. The first-order chi connectivity index (χ1) is 9.52. The first kappa shape index (κ1) is 15.6. The molecule has 0 radical (unpaired) electrons. The monoisotopic (exact) mass is 335 g/mol. The summed E-state index contributed by atoms with van der Waals surface area (Å²) >= 11 is 13.0. The van der Waals surface area contributed by atoms with Crippen molar-refractivity contribution in [3.05, 3.63) is 20.3 Å². The van der Waals surface area contributed by atoms with Gasteiger partial charge in [0.1, 0.15) is 4.34 Å². The standard InChI is InChI=1S/C13H15Cl2NO3S/c1-2-19-13(18)8-4-3-5-16(7-8)12(17)9-6-10(14)20-11(9)15/h6,8H,2-5,7H2,1H3/t8-/m0/s1. The topological polar surface area (TPSA) is 46.6 Å². The number of halogens is 2. The summed E-state index contributed by atoms with van der Waals surface area (Å²) in [7, 11) is 0. The van der Waals surface area contributed by atoms with E-state index in [2.05, 4.69) is 0 Å². The minimum absolute atomic E-state index is 0.174. The highest BCUT2D eigenvalue weighted by Gasteiger charge is 2.31. The van der Waals surface area contributed by atoms with E-state index < -0.39 is 0 Å². The maximum atomic E-state index is 12.4. The molecule has 1 aromatic rings. The molecule has 1 amide bonds. The van der Waals surface area contributed by atoms with Gasteiger partial charge in [0.05, 0.1) is 22.4 Å². The van der Waals surface area contributed by atoms with E-state index >= 15 is 0 Å². The Morgan fingerprint density at radius 1 is 1.50 bits per heavy atom. The zero-order valence-electron chi connectivity index (χ0n) is 11.0. The van der Waals surface area contributed by atoms with E-state index in [0.717, 1.165) is 12.8 Å². The van der Waals surface area contributed by atoms with Gasteiger partial charge < -0.3 is 9.64 Å². The Labute approximate surface area is 131 Å². The number of hydrogen-bond acceptors (Lipinski definition) is 4. The maximum Gasteiger partial charge on any atom is 0.310 e. The van der Waals surface area contributed by atoms with E-state index in [9.17, 15) is 9.59 Å². The molecular weight excluding hydrogens is 321 g/mol. The zero-order valence-corrected chi connectivity index (χ0v) is 13.4. The fraction of sp³-hybridized carbons (Fsp3) is 0.538. The van der Waals surface area contributed by atoms with Crippen LogP contribution in [0.2, 0.25) is 8.67 Å². The Kier molecular flexibility index (Phi) is 5.29. The van der Waals surface area contributed by atoms with Gasteiger partial charge in [-0.2, -0.15) is 0 Å². The summed E-state index contributed by atoms with van der Waals surface area (Å²) in [5, 5.41) is 0. The number of hydrogen-bond donors (Lipinski definition) is 0. The van der Waals surface area contributed by atoms with Crippen LogP contribution in [0.3, 0.4) is 0 Å². The molecule has 1 aliphatic heterocycles. The van der Waals surface area contributed by atoms with Gasteiger partial charge in [-0.1, -0.05) is 23.2 Å². The molecule has 2 rings (SSSR count). The van der Waals surface area contributed by atoms with Crippen molar-refractivity contribution in [2.24, 2.45) is 5.92 Å². The molecule has 1 aliphatic rings. The van der Waals surface area contributed by atoms with Gasteiger partial charge in [0.25, 0.3) is 5.91 Å². The fourth-order valence-electron chi connectivity index (χ4n) is 2.27. The average molecular weight is 336 g/mol. The summed E-state index contributed by atoms with van der Waals surface area (Å²) in [5.41, 5.74) is 0.408. The van der Waals surface area contributed by atoms with Crippen molar-refractivity contribution < 1.29 is 14.3 Å². The van der Waals surface area contributed by atoms with Crippen LogP contribution in [0.25, 0.3) is 0 Å². The third-order valence-corrected chi connectivity index (χ3v) is 4.70. The number of amides is 1. The molecule has 0 saturated carbocycles. The summed E-state index contributed by atoms with van der Waals surface area (Å²) < 4.78 is 5.89. The molecule has 0 unspecified atom stereocenters. The van der Waals surface area contributed by atoms with Crippen LogP contribution in [0.1, 0.15) is 30.1 Å². The van der Waals surface area contributed by atoms with E-state index in [-0.39, 0.29) is 17.8 Å². The number of piperidine rings is 1. The Morgan fingerprint density at radius 2 is 2.25 bits per heavy atom. The van der Waals surface area contributed by atoms with E-state index in [1.165, 1.54) is 11.3 Å². The molecule has 1 saturated heterocycles. The summed E-state index contributed by atoms with van der Waals surface area (Å²) in [6.45, 7) is 3.13. The van der Waals surface area contributed by atoms with Crippen molar-refractivity contribution in [3.63, 3.8) is 0 Å². The number of thiophene rings is 1. The average Bonchev–Trinajstić information content (AvgIpc) is 2.77. The van der Waals surface area contributed by atoms with Gasteiger partial charge in [-0.05, 0) is 25.8 Å². The molecule has 20 heavy (non-hydrogen) atoms. The normalized spacial score (nSPS) is 18.9. The molecule has 0 spiro atoms. The molecule has 0 aromatic carbocycles.